The number of rotatable bonds is 4. The first-order valence-corrected chi connectivity index (χ1v) is 8.85. The number of aryl methyl sites for hydroxylation is 1. The van der Waals surface area contributed by atoms with Crippen molar-refractivity contribution in [3.8, 4) is 0 Å². The Morgan fingerprint density at radius 2 is 1.58 bits per heavy atom. The molecule has 3 rings (SSSR count). The van der Waals surface area contributed by atoms with E-state index in [0.717, 1.165) is 12.0 Å². The predicted octanol–water partition coefficient (Wildman–Crippen LogP) is 2.53. The van der Waals surface area contributed by atoms with Crippen LogP contribution in [0.2, 0.25) is 0 Å². The van der Waals surface area contributed by atoms with E-state index in [9.17, 15) is 14.0 Å². The number of carbonyl (C=O) groups is 2. The topological polar surface area (TPSA) is 53.5 Å². The molecule has 1 aromatic heterocycles. The first kappa shape index (κ1) is 18.0. The normalized spacial score (nSPS) is 14.8. The zero-order chi connectivity index (χ0) is 18.4. The zero-order valence-electron chi connectivity index (χ0n) is 14.6. The van der Waals surface area contributed by atoms with Crippen LogP contribution < -0.4 is 0 Å². The molecule has 6 heteroatoms. The summed E-state index contributed by atoms with van der Waals surface area (Å²) in [5, 5.41) is 0. The van der Waals surface area contributed by atoms with E-state index in [-0.39, 0.29) is 17.6 Å². The molecule has 1 saturated heterocycles. The highest BCUT2D eigenvalue weighted by Crippen LogP contribution is 2.11. The number of hydrogen-bond donors (Lipinski definition) is 0. The fraction of sp³-hybridized carbons (Fsp3) is 0.350. The van der Waals surface area contributed by atoms with Gasteiger partial charge in [-0.3, -0.25) is 14.6 Å². The van der Waals surface area contributed by atoms with Gasteiger partial charge in [0.25, 0.3) is 5.91 Å². The second-order valence-corrected chi connectivity index (χ2v) is 6.39. The minimum atomic E-state index is -0.272. The predicted molar refractivity (Wildman–Crippen MR) is 96.1 cm³/mol. The maximum absolute atomic E-state index is 12.9. The van der Waals surface area contributed by atoms with Crippen molar-refractivity contribution in [3.05, 3.63) is 65.7 Å². The highest BCUT2D eigenvalue weighted by atomic mass is 19.1. The molecule has 5 nitrogen and oxygen atoms in total. The van der Waals surface area contributed by atoms with Crippen LogP contribution in [-0.4, -0.2) is 52.8 Å². The average molecular weight is 355 g/mol. The molecule has 0 atom stereocenters. The van der Waals surface area contributed by atoms with E-state index in [4.69, 9.17) is 0 Å². The number of benzene rings is 1. The number of aromatic nitrogens is 1. The molecular formula is C20H22FN3O2. The van der Waals surface area contributed by atoms with Crippen LogP contribution >= 0.6 is 0 Å². The monoisotopic (exact) mass is 355 g/mol. The molecule has 1 aliphatic heterocycles. The minimum absolute atomic E-state index is 0.0204. The van der Waals surface area contributed by atoms with Gasteiger partial charge in [0.15, 0.2) is 0 Å². The van der Waals surface area contributed by atoms with Gasteiger partial charge >= 0.3 is 0 Å². The van der Waals surface area contributed by atoms with Crippen molar-refractivity contribution in [3.63, 3.8) is 0 Å². The molecule has 26 heavy (non-hydrogen) atoms. The van der Waals surface area contributed by atoms with Gasteiger partial charge in [0.1, 0.15) is 5.82 Å². The summed E-state index contributed by atoms with van der Waals surface area (Å²) in [6, 6.07) is 9.65. The number of amides is 2. The zero-order valence-corrected chi connectivity index (χ0v) is 14.6. The molecule has 0 saturated carbocycles. The summed E-state index contributed by atoms with van der Waals surface area (Å²) in [7, 11) is 0. The fourth-order valence-corrected chi connectivity index (χ4v) is 3.11. The quantitative estimate of drug-likeness (QED) is 0.847. The van der Waals surface area contributed by atoms with E-state index in [1.807, 2.05) is 4.90 Å². The lowest BCUT2D eigenvalue weighted by Gasteiger charge is -2.22. The van der Waals surface area contributed by atoms with Gasteiger partial charge in [-0.15, -0.1) is 0 Å². The lowest BCUT2D eigenvalue weighted by Crippen LogP contribution is -2.37. The van der Waals surface area contributed by atoms with Crippen LogP contribution in [0.4, 0.5) is 4.39 Å². The molecule has 0 bridgehead atoms. The van der Waals surface area contributed by atoms with Crippen LogP contribution in [0.15, 0.2) is 48.8 Å². The van der Waals surface area contributed by atoms with Crippen LogP contribution in [-0.2, 0) is 11.2 Å². The summed E-state index contributed by atoms with van der Waals surface area (Å²) in [5.41, 5.74) is 1.57. The molecule has 1 aromatic carbocycles. The lowest BCUT2D eigenvalue weighted by atomic mass is 10.1. The van der Waals surface area contributed by atoms with Crippen LogP contribution in [0.25, 0.3) is 0 Å². The van der Waals surface area contributed by atoms with Crippen molar-refractivity contribution in [2.75, 3.05) is 26.2 Å². The molecule has 0 N–H and O–H groups in total. The number of halogens is 1. The van der Waals surface area contributed by atoms with E-state index < -0.39 is 0 Å². The van der Waals surface area contributed by atoms with Gasteiger partial charge < -0.3 is 9.80 Å². The summed E-state index contributed by atoms with van der Waals surface area (Å²) in [6.07, 6.45) is 4.96. The Balaban J connectivity index is 1.52. The van der Waals surface area contributed by atoms with E-state index >= 15 is 0 Å². The smallest absolute Gasteiger partial charge is 0.254 e. The van der Waals surface area contributed by atoms with Gasteiger partial charge in [-0.25, -0.2) is 4.39 Å². The summed E-state index contributed by atoms with van der Waals surface area (Å²) < 4.78 is 12.9. The molecule has 1 aliphatic rings. The first-order chi connectivity index (χ1) is 12.6. The van der Waals surface area contributed by atoms with E-state index in [1.165, 1.54) is 12.1 Å². The molecular weight excluding hydrogens is 333 g/mol. The van der Waals surface area contributed by atoms with Gasteiger partial charge in [0.05, 0.1) is 0 Å². The number of pyridine rings is 1. The molecule has 0 spiro atoms. The second kappa shape index (κ2) is 8.56. The highest BCUT2D eigenvalue weighted by Gasteiger charge is 2.22. The molecule has 1 fully saturated rings. The molecule has 0 aliphatic carbocycles. The Hall–Kier alpha value is -2.76. The standard InChI is InChI=1S/C20H22FN3O2/c21-18-5-2-16(3-6-18)4-7-19(25)23-12-1-13-24(15-14-23)20(26)17-8-10-22-11-9-17/h2-3,5-6,8-11H,1,4,7,12-15H2. The largest absolute Gasteiger partial charge is 0.341 e. The van der Waals surface area contributed by atoms with Crippen molar-refractivity contribution in [2.24, 2.45) is 0 Å². The summed E-state index contributed by atoms with van der Waals surface area (Å²) >= 11 is 0. The first-order valence-electron chi connectivity index (χ1n) is 8.85. The van der Waals surface area contributed by atoms with Crippen molar-refractivity contribution < 1.29 is 14.0 Å². The molecule has 0 unspecified atom stereocenters. The van der Waals surface area contributed by atoms with Crippen molar-refractivity contribution in [1.29, 1.82) is 0 Å². The maximum Gasteiger partial charge on any atom is 0.254 e. The molecule has 2 heterocycles. The Morgan fingerprint density at radius 3 is 2.31 bits per heavy atom. The van der Waals surface area contributed by atoms with Crippen LogP contribution in [0.5, 0.6) is 0 Å². The molecule has 2 aromatic rings. The molecule has 2 amide bonds. The summed E-state index contributed by atoms with van der Waals surface area (Å²) in [5.74, 6) is -0.216. The summed E-state index contributed by atoms with van der Waals surface area (Å²) in [4.78, 5) is 32.6. The summed E-state index contributed by atoms with van der Waals surface area (Å²) in [6.45, 7) is 2.37. The van der Waals surface area contributed by atoms with Gasteiger partial charge in [-0.05, 0) is 42.7 Å². The van der Waals surface area contributed by atoms with Gasteiger partial charge in [0, 0.05) is 50.6 Å². The fourth-order valence-electron chi connectivity index (χ4n) is 3.11. The van der Waals surface area contributed by atoms with E-state index in [2.05, 4.69) is 4.98 Å². The number of carbonyl (C=O) groups excluding carboxylic acids is 2. The third-order valence-electron chi connectivity index (χ3n) is 4.60. The van der Waals surface area contributed by atoms with Gasteiger partial charge in [-0.2, -0.15) is 0 Å². The van der Waals surface area contributed by atoms with E-state index in [1.54, 1.807) is 41.6 Å². The average Bonchev–Trinajstić information content (AvgIpc) is 2.94. The van der Waals surface area contributed by atoms with Crippen molar-refractivity contribution >= 4 is 11.8 Å². The third kappa shape index (κ3) is 4.65. The van der Waals surface area contributed by atoms with Crippen molar-refractivity contribution in [1.82, 2.24) is 14.8 Å². The van der Waals surface area contributed by atoms with Gasteiger partial charge in [-0.1, -0.05) is 12.1 Å². The highest BCUT2D eigenvalue weighted by molar-refractivity contribution is 5.94. The Bertz CT molecular complexity index is 749. The molecule has 136 valence electrons. The maximum atomic E-state index is 12.9. The Kier molecular flexibility index (Phi) is 5.94. The third-order valence-corrected chi connectivity index (χ3v) is 4.60. The lowest BCUT2D eigenvalue weighted by molar-refractivity contribution is -0.131. The minimum Gasteiger partial charge on any atom is -0.341 e. The Labute approximate surface area is 152 Å². The van der Waals surface area contributed by atoms with Crippen molar-refractivity contribution in [2.45, 2.75) is 19.3 Å². The molecule has 0 radical (unpaired) electrons. The van der Waals surface area contributed by atoms with Crippen LogP contribution in [0, 0.1) is 5.82 Å². The number of nitrogens with zero attached hydrogens (tertiary/aromatic N) is 3. The second-order valence-electron chi connectivity index (χ2n) is 6.39. The van der Waals surface area contributed by atoms with Crippen LogP contribution in [0.1, 0.15) is 28.8 Å². The number of hydrogen-bond acceptors (Lipinski definition) is 3. The SMILES string of the molecule is O=C(CCc1ccc(F)cc1)N1CCCN(C(=O)c2ccncc2)CC1. The Morgan fingerprint density at radius 1 is 0.923 bits per heavy atom. The van der Waals surface area contributed by atoms with Crippen LogP contribution in [0.3, 0.4) is 0 Å². The van der Waals surface area contributed by atoms with E-state index in [0.29, 0.717) is 44.6 Å². The van der Waals surface area contributed by atoms with Gasteiger partial charge in [0.2, 0.25) is 5.91 Å².